The minimum absolute atomic E-state index is 0.844. The number of nitrogens with one attached hydrogen (secondary N) is 1. The summed E-state index contributed by atoms with van der Waals surface area (Å²) in [5.41, 5.74) is 0. The summed E-state index contributed by atoms with van der Waals surface area (Å²) in [6.45, 7) is 8.33. The highest BCUT2D eigenvalue weighted by atomic mass is 16.5. The molecule has 0 saturated heterocycles. The van der Waals surface area contributed by atoms with E-state index in [4.69, 9.17) is 4.74 Å². The Balaban J connectivity index is 2.78. The van der Waals surface area contributed by atoms with Crippen LogP contribution in [0.2, 0.25) is 0 Å². The Labute approximate surface area is 89.4 Å². The van der Waals surface area contributed by atoms with Crippen molar-refractivity contribution in [2.45, 2.75) is 52.4 Å². The Hall–Kier alpha value is -0.0800. The van der Waals surface area contributed by atoms with Crippen molar-refractivity contribution in [1.82, 2.24) is 5.32 Å². The second-order valence-electron chi connectivity index (χ2n) is 3.71. The zero-order chi connectivity index (χ0) is 10.5. The molecule has 86 valence electrons. The lowest BCUT2D eigenvalue weighted by Crippen LogP contribution is -2.18. The maximum Gasteiger partial charge on any atom is 0.0477 e. The molecule has 2 heteroatoms. The van der Waals surface area contributed by atoms with Gasteiger partial charge in [-0.05, 0) is 32.9 Å². The molecule has 0 aliphatic carbocycles. The summed E-state index contributed by atoms with van der Waals surface area (Å²) in [7, 11) is 0. The predicted octanol–water partition coefficient (Wildman–Crippen LogP) is 2.97. The topological polar surface area (TPSA) is 21.3 Å². The summed E-state index contributed by atoms with van der Waals surface area (Å²) >= 11 is 0. The molecular weight excluding hydrogens is 174 g/mol. The SMILES string of the molecule is CCCCCCCNCCCOCC. The molecule has 14 heavy (non-hydrogen) atoms. The van der Waals surface area contributed by atoms with Crippen molar-refractivity contribution in [2.75, 3.05) is 26.3 Å². The Morgan fingerprint density at radius 2 is 1.57 bits per heavy atom. The van der Waals surface area contributed by atoms with Crippen LogP contribution in [-0.2, 0) is 4.74 Å². The van der Waals surface area contributed by atoms with Gasteiger partial charge in [-0.2, -0.15) is 0 Å². The van der Waals surface area contributed by atoms with E-state index in [1.165, 1.54) is 38.6 Å². The fraction of sp³-hybridized carbons (Fsp3) is 1.00. The van der Waals surface area contributed by atoms with E-state index in [0.29, 0.717) is 0 Å². The Kier molecular flexibility index (Phi) is 12.8. The molecule has 0 aromatic heterocycles. The van der Waals surface area contributed by atoms with Crippen molar-refractivity contribution in [2.24, 2.45) is 0 Å². The van der Waals surface area contributed by atoms with E-state index in [1.54, 1.807) is 0 Å². The molecule has 0 bridgehead atoms. The molecular formula is C12H27NO. The highest BCUT2D eigenvalue weighted by Gasteiger charge is 1.90. The molecule has 0 heterocycles. The second kappa shape index (κ2) is 12.9. The average Bonchev–Trinajstić information content (AvgIpc) is 2.21. The second-order valence-corrected chi connectivity index (χ2v) is 3.71. The first-order chi connectivity index (χ1) is 6.91. The average molecular weight is 201 g/mol. The largest absolute Gasteiger partial charge is 0.382 e. The molecule has 0 aliphatic rings. The first-order valence-electron chi connectivity index (χ1n) is 6.20. The monoisotopic (exact) mass is 201 g/mol. The normalized spacial score (nSPS) is 10.7. The fourth-order valence-corrected chi connectivity index (χ4v) is 1.42. The van der Waals surface area contributed by atoms with Gasteiger partial charge in [0.05, 0.1) is 0 Å². The van der Waals surface area contributed by atoms with Gasteiger partial charge in [0.15, 0.2) is 0 Å². The first kappa shape index (κ1) is 13.9. The van der Waals surface area contributed by atoms with Crippen LogP contribution in [0.1, 0.15) is 52.4 Å². The minimum Gasteiger partial charge on any atom is -0.382 e. The number of unbranched alkanes of at least 4 members (excludes halogenated alkanes) is 4. The third-order valence-electron chi connectivity index (χ3n) is 2.30. The van der Waals surface area contributed by atoms with Gasteiger partial charge in [0, 0.05) is 13.2 Å². The zero-order valence-electron chi connectivity index (χ0n) is 9.98. The van der Waals surface area contributed by atoms with Gasteiger partial charge in [-0.1, -0.05) is 32.6 Å². The molecule has 0 atom stereocenters. The van der Waals surface area contributed by atoms with Crippen LogP contribution >= 0.6 is 0 Å². The van der Waals surface area contributed by atoms with Crippen LogP contribution in [-0.4, -0.2) is 26.3 Å². The van der Waals surface area contributed by atoms with Crippen LogP contribution in [0, 0.1) is 0 Å². The highest BCUT2D eigenvalue weighted by Crippen LogP contribution is 2.00. The van der Waals surface area contributed by atoms with Gasteiger partial charge < -0.3 is 10.1 Å². The lowest BCUT2D eigenvalue weighted by Gasteiger charge is -2.04. The molecule has 2 nitrogen and oxygen atoms in total. The highest BCUT2D eigenvalue weighted by molar-refractivity contribution is 4.49. The van der Waals surface area contributed by atoms with Crippen LogP contribution in [0.4, 0.5) is 0 Å². The van der Waals surface area contributed by atoms with Gasteiger partial charge in [0.1, 0.15) is 0 Å². The third kappa shape index (κ3) is 11.9. The quantitative estimate of drug-likeness (QED) is 0.519. The van der Waals surface area contributed by atoms with E-state index >= 15 is 0 Å². The summed E-state index contributed by atoms with van der Waals surface area (Å²) < 4.78 is 5.25. The summed E-state index contributed by atoms with van der Waals surface area (Å²) in [5.74, 6) is 0. The summed E-state index contributed by atoms with van der Waals surface area (Å²) in [6, 6.07) is 0. The van der Waals surface area contributed by atoms with Crippen LogP contribution in [0.5, 0.6) is 0 Å². The standard InChI is InChI=1S/C12H27NO/c1-3-5-6-7-8-10-13-11-9-12-14-4-2/h13H,3-12H2,1-2H3. The van der Waals surface area contributed by atoms with E-state index < -0.39 is 0 Å². The van der Waals surface area contributed by atoms with Crippen LogP contribution in [0.15, 0.2) is 0 Å². The lowest BCUT2D eigenvalue weighted by molar-refractivity contribution is 0.145. The number of hydrogen-bond donors (Lipinski definition) is 1. The van der Waals surface area contributed by atoms with Gasteiger partial charge in [0.25, 0.3) is 0 Å². The number of hydrogen-bond acceptors (Lipinski definition) is 2. The van der Waals surface area contributed by atoms with Crippen molar-refractivity contribution < 1.29 is 4.74 Å². The number of ether oxygens (including phenoxy) is 1. The molecule has 0 unspecified atom stereocenters. The van der Waals surface area contributed by atoms with E-state index in [2.05, 4.69) is 12.2 Å². The number of rotatable bonds is 11. The Morgan fingerprint density at radius 1 is 0.857 bits per heavy atom. The van der Waals surface area contributed by atoms with Crippen LogP contribution in [0.3, 0.4) is 0 Å². The molecule has 0 spiro atoms. The molecule has 0 rings (SSSR count). The van der Waals surface area contributed by atoms with Crippen molar-refractivity contribution in [3.8, 4) is 0 Å². The summed E-state index contributed by atoms with van der Waals surface area (Å²) in [4.78, 5) is 0. The van der Waals surface area contributed by atoms with Crippen molar-refractivity contribution in [3.05, 3.63) is 0 Å². The molecule has 0 aliphatic heterocycles. The molecule has 0 aromatic rings. The van der Waals surface area contributed by atoms with E-state index in [1.807, 2.05) is 6.92 Å². The van der Waals surface area contributed by atoms with E-state index in [9.17, 15) is 0 Å². The Morgan fingerprint density at radius 3 is 2.29 bits per heavy atom. The molecule has 0 amide bonds. The van der Waals surface area contributed by atoms with Crippen molar-refractivity contribution >= 4 is 0 Å². The van der Waals surface area contributed by atoms with Crippen LogP contribution < -0.4 is 5.32 Å². The minimum atomic E-state index is 0.844. The maximum absolute atomic E-state index is 5.25. The maximum atomic E-state index is 5.25. The van der Waals surface area contributed by atoms with Crippen LogP contribution in [0.25, 0.3) is 0 Å². The zero-order valence-corrected chi connectivity index (χ0v) is 9.98. The summed E-state index contributed by atoms with van der Waals surface area (Å²) in [6.07, 6.45) is 7.98. The van der Waals surface area contributed by atoms with E-state index in [-0.39, 0.29) is 0 Å². The predicted molar refractivity (Wildman–Crippen MR) is 62.7 cm³/mol. The first-order valence-corrected chi connectivity index (χ1v) is 6.20. The van der Waals surface area contributed by atoms with E-state index in [0.717, 1.165) is 26.2 Å². The van der Waals surface area contributed by atoms with Crippen molar-refractivity contribution in [3.63, 3.8) is 0 Å². The van der Waals surface area contributed by atoms with Crippen molar-refractivity contribution in [1.29, 1.82) is 0 Å². The summed E-state index contributed by atoms with van der Waals surface area (Å²) in [5, 5.41) is 3.44. The molecule has 0 fully saturated rings. The smallest absolute Gasteiger partial charge is 0.0477 e. The molecule has 0 radical (unpaired) electrons. The lowest BCUT2D eigenvalue weighted by atomic mass is 10.1. The molecule has 1 N–H and O–H groups in total. The van der Waals surface area contributed by atoms with Gasteiger partial charge in [-0.15, -0.1) is 0 Å². The third-order valence-corrected chi connectivity index (χ3v) is 2.30. The molecule has 0 aromatic carbocycles. The molecule has 0 saturated carbocycles. The van der Waals surface area contributed by atoms with Gasteiger partial charge in [-0.3, -0.25) is 0 Å². The fourth-order valence-electron chi connectivity index (χ4n) is 1.42. The van der Waals surface area contributed by atoms with Gasteiger partial charge in [-0.25, -0.2) is 0 Å². The Bertz CT molecular complexity index is 84.3. The van der Waals surface area contributed by atoms with Gasteiger partial charge >= 0.3 is 0 Å². The van der Waals surface area contributed by atoms with Gasteiger partial charge in [0.2, 0.25) is 0 Å².